The Hall–Kier alpha value is -2.61. The van der Waals surface area contributed by atoms with Crippen molar-refractivity contribution < 1.29 is 0 Å². The van der Waals surface area contributed by atoms with E-state index in [0.717, 1.165) is 22.0 Å². The van der Waals surface area contributed by atoms with Gasteiger partial charge < -0.3 is 0 Å². The van der Waals surface area contributed by atoms with Gasteiger partial charge in [0.2, 0.25) is 5.78 Å². The standard InChI is InChI=1S/C22H17ClN4OS2/c1-14-2-4-16(5-3-14)13-30-22-25-24-21-26(12-15-6-8-17(23)9-7-15)20(28)19-18(27(21)22)10-11-29-19/h2-11H,12-13H2,1H3. The fourth-order valence-corrected chi connectivity index (χ4v) is 5.19. The summed E-state index contributed by atoms with van der Waals surface area (Å²) in [5.41, 5.74) is 4.24. The van der Waals surface area contributed by atoms with Gasteiger partial charge in [0.05, 0.1) is 12.1 Å². The summed E-state index contributed by atoms with van der Waals surface area (Å²) in [6.45, 7) is 2.49. The first kappa shape index (κ1) is 19.4. The minimum absolute atomic E-state index is 0.0510. The Morgan fingerprint density at radius 2 is 1.73 bits per heavy atom. The maximum atomic E-state index is 13.2. The van der Waals surface area contributed by atoms with Gasteiger partial charge >= 0.3 is 0 Å². The van der Waals surface area contributed by atoms with Crippen molar-refractivity contribution >= 4 is 50.7 Å². The third kappa shape index (κ3) is 3.53. The summed E-state index contributed by atoms with van der Waals surface area (Å²) in [6, 6.07) is 17.9. The highest BCUT2D eigenvalue weighted by Crippen LogP contribution is 2.27. The van der Waals surface area contributed by atoms with Crippen LogP contribution in [0.25, 0.3) is 16.0 Å². The Balaban J connectivity index is 1.58. The monoisotopic (exact) mass is 452 g/mol. The zero-order valence-corrected chi connectivity index (χ0v) is 18.5. The van der Waals surface area contributed by atoms with Gasteiger partial charge in [-0.05, 0) is 41.6 Å². The average Bonchev–Trinajstić information content (AvgIpc) is 3.39. The summed E-state index contributed by atoms with van der Waals surface area (Å²) in [7, 11) is 0. The van der Waals surface area contributed by atoms with Crippen LogP contribution >= 0.6 is 34.7 Å². The first-order valence-corrected chi connectivity index (χ1v) is 11.6. The second-order valence-corrected chi connectivity index (χ2v) is 9.34. The fraction of sp³-hybridized carbons (Fsp3) is 0.136. The van der Waals surface area contributed by atoms with Crippen LogP contribution in [0.5, 0.6) is 0 Å². The van der Waals surface area contributed by atoms with Gasteiger partial charge in [-0.15, -0.1) is 21.5 Å². The summed E-state index contributed by atoms with van der Waals surface area (Å²) in [5.74, 6) is 1.33. The molecule has 0 N–H and O–H groups in total. The topological polar surface area (TPSA) is 52.2 Å². The highest BCUT2D eigenvalue weighted by atomic mass is 35.5. The van der Waals surface area contributed by atoms with Crippen LogP contribution in [0, 0.1) is 6.92 Å². The Morgan fingerprint density at radius 3 is 2.50 bits per heavy atom. The zero-order valence-electron chi connectivity index (χ0n) is 16.1. The SMILES string of the molecule is Cc1ccc(CSc2nnc3n(Cc4ccc(Cl)cc4)c(=O)c4sccc4n23)cc1. The molecule has 0 unspecified atom stereocenters. The van der Waals surface area contributed by atoms with Crippen molar-refractivity contribution in [1.29, 1.82) is 0 Å². The van der Waals surface area contributed by atoms with Crippen molar-refractivity contribution in [2.24, 2.45) is 0 Å². The van der Waals surface area contributed by atoms with Crippen LogP contribution in [0.1, 0.15) is 16.7 Å². The molecule has 0 radical (unpaired) electrons. The Kier molecular flexibility index (Phi) is 5.10. The number of hydrogen-bond acceptors (Lipinski definition) is 5. The van der Waals surface area contributed by atoms with E-state index in [1.807, 2.05) is 40.1 Å². The van der Waals surface area contributed by atoms with Gasteiger partial charge in [0.15, 0.2) is 5.16 Å². The van der Waals surface area contributed by atoms with Crippen LogP contribution in [0.15, 0.2) is 69.9 Å². The molecule has 5 aromatic rings. The quantitative estimate of drug-likeness (QED) is 0.335. The van der Waals surface area contributed by atoms with Crippen LogP contribution < -0.4 is 5.56 Å². The molecule has 2 aromatic carbocycles. The summed E-state index contributed by atoms with van der Waals surface area (Å²) >= 11 is 9.07. The molecule has 0 bridgehead atoms. The second-order valence-electron chi connectivity index (χ2n) is 7.04. The lowest BCUT2D eigenvalue weighted by Crippen LogP contribution is -2.23. The number of benzene rings is 2. The second kappa shape index (κ2) is 7.91. The molecule has 0 amide bonds. The highest BCUT2D eigenvalue weighted by Gasteiger charge is 2.18. The van der Waals surface area contributed by atoms with Gasteiger partial charge in [-0.25, -0.2) is 0 Å². The van der Waals surface area contributed by atoms with E-state index in [1.165, 1.54) is 22.5 Å². The smallest absolute Gasteiger partial charge is 0.271 e. The number of nitrogens with zero attached hydrogens (tertiary/aromatic N) is 4. The molecular formula is C22H17ClN4OS2. The number of hydrogen-bond donors (Lipinski definition) is 0. The van der Waals surface area contributed by atoms with Gasteiger partial charge in [0.1, 0.15) is 4.70 Å². The van der Waals surface area contributed by atoms with Gasteiger partial charge in [0.25, 0.3) is 5.56 Å². The average molecular weight is 453 g/mol. The molecule has 0 spiro atoms. The number of thiophene rings is 1. The summed E-state index contributed by atoms with van der Waals surface area (Å²) in [5, 5.41) is 12.2. The molecule has 3 aromatic heterocycles. The van der Waals surface area contributed by atoms with Crippen molar-refractivity contribution in [3.63, 3.8) is 0 Å². The van der Waals surface area contributed by atoms with Crippen LogP contribution in [-0.2, 0) is 12.3 Å². The number of aromatic nitrogens is 4. The normalized spacial score (nSPS) is 11.5. The third-order valence-electron chi connectivity index (χ3n) is 4.92. The van der Waals surface area contributed by atoms with Gasteiger partial charge in [-0.3, -0.25) is 13.8 Å². The van der Waals surface area contributed by atoms with Crippen molar-refractivity contribution in [3.8, 4) is 0 Å². The molecular weight excluding hydrogens is 436 g/mol. The molecule has 0 aliphatic rings. The van der Waals surface area contributed by atoms with E-state index in [2.05, 4.69) is 41.4 Å². The number of rotatable bonds is 5. The molecule has 0 saturated heterocycles. The molecule has 30 heavy (non-hydrogen) atoms. The molecule has 5 nitrogen and oxygen atoms in total. The number of aryl methyl sites for hydroxylation is 1. The largest absolute Gasteiger partial charge is 0.273 e. The van der Waals surface area contributed by atoms with E-state index in [0.29, 0.717) is 22.0 Å². The minimum Gasteiger partial charge on any atom is -0.271 e. The molecule has 0 aliphatic carbocycles. The molecule has 5 rings (SSSR count). The van der Waals surface area contributed by atoms with E-state index < -0.39 is 0 Å². The lowest BCUT2D eigenvalue weighted by Gasteiger charge is -2.10. The number of fused-ring (bicyclic) bond motifs is 3. The van der Waals surface area contributed by atoms with Crippen LogP contribution in [0.3, 0.4) is 0 Å². The summed E-state index contributed by atoms with van der Waals surface area (Å²) in [4.78, 5) is 13.2. The van der Waals surface area contributed by atoms with E-state index in [9.17, 15) is 4.79 Å². The van der Waals surface area contributed by atoms with Crippen molar-refractivity contribution in [2.45, 2.75) is 24.4 Å². The van der Waals surface area contributed by atoms with E-state index in [1.54, 1.807) is 16.3 Å². The fourth-order valence-electron chi connectivity index (χ4n) is 3.34. The van der Waals surface area contributed by atoms with Gasteiger partial charge in [-0.2, -0.15) is 0 Å². The predicted molar refractivity (Wildman–Crippen MR) is 124 cm³/mol. The molecule has 0 saturated carbocycles. The Labute approximate surface area is 186 Å². The maximum absolute atomic E-state index is 13.2. The maximum Gasteiger partial charge on any atom is 0.273 e. The van der Waals surface area contributed by atoms with Crippen molar-refractivity contribution in [2.75, 3.05) is 0 Å². The summed E-state index contributed by atoms with van der Waals surface area (Å²) in [6.07, 6.45) is 0. The first-order valence-electron chi connectivity index (χ1n) is 9.38. The number of halogens is 1. The van der Waals surface area contributed by atoms with Crippen LogP contribution in [-0.4, -0.2) is 19.2 Å². The Morgan fingerprint density at radius 1 is 1.00 bits per heavy atom. The van der Waals surface area contributed by atoms with Gasteiger partial charge in [0, 0.05) is 10.8 Å². The number of thioether (sulfide) groups is 1. The Bertz CT molecular complexity index is 1400. The van der Waals surface area contributed by atoms with E-state index in [-0.39, 0.29) is 5.56 Å². The highest BCUT2D eigenvalue weighted by molar-refractivity contribution is 7.98. The van der Waals surface area contributed by atoms with Crippen LogP contribution in [0.2, 0.25) is 5.02 Å². The van der Waals surface area contributed by atoms with Crippen molar-refractivity contribution in [1.82, 2.24) is 19.2 Å². The van der Waals surface area contributed by atoms with Crippen molar-refractivity contribution in [3.05, 3.63) is 92.0 Å². The molecule has 150 valence electrons. The molecule has 0 fully saturated rings. The molecule has 8 heteroatoms. The third-order valence-corrected chi connectivity index (χ3v) is 7.07. The van der Waals surface area contributed by atoms with Crippen LogP contribution in [0.4, 0.5) is 0 Å². The van der Waals surface area contributed by atoms with E-state index >= 15 is 0 Å². The zero-order chi connectivity index (χ0) is 20.7. The van der Waals surface area contributed by atoms with Gasteiger partial charge in [-0.1, -0.05) is 65.3 Å². The lowest BCUT2D eigenvalue weighted by atomic mass is 10.2. The molecule has 3 heterocycles. The molecule has 0 aliphatic heterocycles. The predicted octanol–water partition coefficient (Wildman–Crippen LogP) is 5.41. The minimum atomic E-state index is -0.0510. The first-order chi connectivity index (χ1) is 14.6. The summed E-state index contributed by atoms with van der Waals surface area (Å²) < 4.78 is 4.38. The van der Waals surface area contributed by atoms with E-state index in [4.69, 9.17) is 11.6 Å². The molecule has 0 atom stereocenters. The lowest BCUT2D eigenvalue weighted by molar-refractivity contribution is 0.765.